The second-order valence-corrected chi connectivity index (χ2v) is 7.07. The highest BCUT2D eigenvalue weighted by atomic mass is 19.1. The number of rotatable bonds is 7. The molecule has 0 aliphatic heterocycles. The van der Waals surface area contributed by atoms with Crippen molar-refractivity contribution >= 4 is 17.4 Å². The third kappa shape index (κ3) is 5.42. The van der Waals surface area contributed by atoms with Crippen LogP contribution >= 0.6 is 0 Å². The number of unbranched alkanes of at least 4 members (excludes halogenated alkanes) is 1. The van der Waals surface area contributed by atoms with Gasteiger partial charge in [-0.05, 0) is 36.2 Å². The molecule has 0 fully saturated rings. The van der Waals surface area contributed by atoms with Crippen LogP contribution in [0.4, 0.5) is 33.7 Å². The summed E-state index contributed by atoms with van der Waals surface area (Å²) in [4.78, 5) is 15.8. The maximum Gasteiger partial charge on any atom is 0.329 e. The normalized spacial score (nSPS) is 10.7. The van der Waals surface area contributed by atoms with Gasteiger partial charge in [0, 0.05) is 25.2 Å². The average molecular weight is 430 g/mol. The first kappa shape index (κ1) is 22.3. The van der Waals surface area contributed by atoms with Gasteiger partial charge in [-0.1, -0.05) is 43.7 Å². The van der Waals surface area contributed by atoms with Crippen molar-refractivity contribution < 1.29 is 22.4 Å². The van der Waals surface area contributed by atoms with Crippen LogP contribution in [0, 0.1) is 23.3 Å². The minimum atomic E-state index is -1.03. The van der Waals surface area contributed by atoms with E-state index in [1.807, 2.05) is 37.3 Å². The van der Waals surface area contributed by atoms with Crippen molar-refractivity contribution in [2.75, 3.05) is 11.4 Å². The molecule has 3 aromatic carbocycles. The molecular weight excluding hydrogens is 408 g/mol. The molecule has 0 spiro atoms. The van der Waals surface area contributed by atoms with Crippen molar-refractivity contribution in [3.63, 3.8) is 0 Å². The Labute approximate surface area is 178 Å². The van der Waals surface area contributed by atoms with Gasteiger partial charge in [-0.15, -0.1) is 0 Å². The Morgan fingerprint density at radius 2 is 1.35 bits per heavy atom. The highest BCUT2D eigenvalue weighted by Gasteiger charge is 2.28. The average Bonchev–Trinajstić information content (AvgIpc) is 2.74. The highest BCUT2D eigenvalue weighted by molar-refractivity contribution is 5.99. The van der Waals surface area contributed by atoms with E-state index in [0.29, 0.717) is 25.1 Å². The third-order valence-corrected chi connectivity index (χ3v) is 4.76. The van der Waals surface area contributed by atoms with Gasteiger partial charge in [0.2, 0.25) is 0 Å². The predicted molar refractivity (Wildman–Crippen MR) is 112 cm³/mol. The van der Waals surface area contributed by atoms with Crippen LogP contribution in [0.15, 0.2) is 66.7 Å². The fraction of sp³-hybridized carbons (Fsp3) is 0.208. The largest absolute Gasteiger partial charge is 0.329 e. The number of hydrogen-bond acceptors (Lipinski definition) is 1. The SMILES string of the molecule is CCCCN(Cc1ccccc1)C(=O)N(c1ccc(F)cc1F)c1ccc(F)cc1F. The fourth-order valence-electron chi connectivity index (χ4n) is 3.20. The van der Waals surface area contributed by atoms with Gasteiger partial charge in [0.15, 0.2) is 0 Å². The van der Waals surface area contributed by atoms with E-state index in [0.717, 1.165) is 41.1 Å². The van der Waals surface area contributed by atoms with E-state index in [1.165, 1.54) is 4.90 Å². The maximum absolute atomic E-state index is 14.7. The van der Waals surface area contributed by atoms with Crippen LogP contribution < -0.4 is 4.90 Å². The Hall–Kier alpha value is -3.35. The zero-order chi connectivity index (χ0) is 22.4. The first-order valence-electron chi connectivity index (χ1n) is 9.93. The molecule has 7 heteroatoms. The van der Waals surface area contributed by atoms with Gasteiger partial charge in [0.1, 0.15) is 23.3 Å². The molecule has 2 amide bonds. The summed E-state index contributed by atoms with van der Waals surface area (Å²) in [6, 6.07) is 13.8. The van der Waals surface area contributed by atoms with Gasteiger partial charge in [-0.25, -0.2) is 22.4 Å². The number of hydrogen-bond donors (Lipinski definition) is 0. The third-order valence-electron chi connectivity index (χ3n) is 4.76. The van der Waals surface area contributed by atoms with E-state index in [9.17, 15) is 22.4 Å². The van der Waals surface area contributed by atoms with E-state index in [2.05, 4.69) is 0 Å². The Morgan fingerprint density at radius 1 is 0.806 bits per heavy atom. The van der Waals surface area contributed by atoms with E-state index in [4.69, 9.17) is 0 Å². The summed E-state index contributed by atoms with van der Waals surface area (Å²) in [7, 11) is 0. The molecule has 0 aromatic heterocycles. The minimum absolute atomic E-state index is 0.210. The lowest BCUT2D eigenvalue weighted by Crippen LogP contribution is -2.41. The molecule has 0 bridgehead atoms. The van der Waals surface area contributed by atoms with Crippen LogP contribution in [0.5, 0.6) is 0 Å². The van der Waals surface area contributed by atoms with Crippen LogP contribution in [0.2, 0.25) is 0 Å². The molecular formula is C24H22F4N2O. The molecule has 0 atom stereocenters. The summed E-state index contributed by atoms with van der Waals surface area (Å²) in [6.07, 6.45) is 1.47. The van der Waals surface area contributed by atoms with Crippen LogP contribution in [-0.2, 0) is 6.54 Å². The molecule has 3 rings (SSSR count). The molecule has 0 saturated heterocycles. The van der Waals surface area contributed by atoms with Crippen molar-refractivity contribution in [2.45, 2.75) is 26.3 Å². The number of carbonyl (C=O) groups is 1. The minimum Gasteiger partial charge on any atom is -0.320 e. The Balaban J connectivity index is 2.07. The molecule has 3 aromatic rings. The predicted octanol–water partition coefficient (Wildman–Crippen LogP) is 6.80. The molecule has 0 N–H and O–H groups in total. The van der Waals surface area contributed by atoms with Crippen LogP contribution in [-0.4, -0.2) is 17.5 Å². The summed E-state index contributed by atoms with van der Waals surface area (Å²) >= 11 is 0. The topological polar surface area (TPSA) is 23.6 Å². The first-order chi connectivity index (χ1) is 14.9. The highest BCUT2D eigenvalue weighted by Crippen LogP contribution is 2.32. The monoisotopic (exact) mass is 430 g/mol. The molecule has 0 unspecified atom stereocenters. The van der Waals surface area contributed by atoms with Crippen LogP contribution in [0.3, 0.4) is 0 Å². The fourth-order valence-corrected chi connectivity index (χ4v) is 3.20. The smallest absolute Gasteiger partial charge is 0.320 e. The molecule has 0 aliphatic carbocycles. The summed E-state index contributed by atoms with van der Waals surface area (Å²) in [5, 5.41) is 0. The number of halogens is 4. The zero-order valence-electron chi connectivity index (χ0n) is 17.0. The van der Waals surface area contributed by atoms with E-state index in [1.54, 1.807) is 0 Å². The van der Waals surface area contributed by atoms with Gasteiger partial charge in [-0.3, -0.25) is 4.90 Å². The lowest BCUT2D eigenvalue weighted by atomic mass is 10.2. The molecule has 0 aliphatic rings. The summed E-state index contributed by atoms with van der Waals surface area (Å²) in [6.45, 7) is 2.51. The first-order valence-corrected chi connectivity index (χ1v) is 9.93. The molecule has 3 nitrogen and oxygen atoms in total. The number of carbonyl (C=O) groups excluding carboxylic acids is 1. The van der Waals surface area contributed by atoms with Crippen LogP contribution in [0.25, 0.3) is 0 Å². The molecule has 162 valence electrons. The van der Waals surface area contributed by atoms with Crippen LogP contribution in [0.1, 0.15) is 25.3 Å². The number of urea groups is 1. The Kier molecular flexibility index (Phi) is 7.28. The number of anilines is 2. The van der Waals surface area contributed by atoms with Crippen molar-refractivity contribution in [3.8, 4) is 0 Å². The lowest BCUT2D eigenvalue weighted by Gasteiger charge is -2.31. The zero-order valence-corrected chi connectivity index (χ0v) is 17.0. The van der Waals surface area contributed by atoms with Gasteiger partial charge in [0.25, 0.3) is 0 Å². The molecule has 0 heterocycles. The number of nitrogens with zero attached hydrogens (tertiary/aromatic N) is 2. The Morgan fingerprint density at radius 3 is 1.84 bits per heavy atom. The van der Waals surface area contributed by atoms with Gasteiger partial charge in [-0.2, -0.15) is 0 Å². The second-order valence-electron chi connectivity index (χ2n) is 7.07. The standard InChI is InChI=1S/C24H22F4N2O/c1-2-3-13-29(16-17-7-5-4-6-8-17)24(31)30(22-11-9-18(25)14-20(22)27)23-12-10-19(26)15-21(23)28/h4-12,14-15H,2-3,13,16H2,1H3. The molecule has 0 radical (unpaired) electrons. The van der Waals surface area contributed by atoms with Gasteiger partial charge in [0.05, 0.1) is 11.4 Å². The number of benzene rings is 3. The number of amides is 2. The summed E-state index contributed by atoms with van der Waals surface area (Å²) < 4.78 is 56.3. The van der Waals surface area contributed by atoms with E-state index in [-0.39, 0.29) is 17.9 Å². The quantitative estimate of drug-likeness (QED) is 0.378. The van der Waals surface area contributed by atoms with Crippen molar-refractivity contribution in [3.05, 3.63) is 95.6 Å². The van der Waals surface area contributed by atoms with Gasteiger partial charge >= 0.3 is 6.03 Å². The maximum atomic E-state index is 14.7. The van der Waals surface area contributed by atoms with Crippen molar-refractivity contribution in [1.82, 2.24) is 4.90 Å². The van der Waals surface area contributed by atoms with Crippen molar-refractivity contribution in [1.29, 1.82) is 0 Å². The van der Waals surface area contributed by atoms with Gasteiger partial charge < -0.3 is 4.90 Å². The van der Waals surface area contributed by atoms with Crippen molar-refractivity contribution in [2.24, 2.45) is 0 Å². The summed E-state index contributed by atoms with van der Waals surface area (Å²) in [5.41, 5.74) is 0.184. The lowest BCUT2D eigenvalue weighted by molar-refractivity contribution is 0.203. The molecule has 31 heavy (non-hydrogen) atoms. The second kappa shape index (κ2) is 10.1. The summed E-state index contributed by atoms with van der Waals surface area (Å²) in [5.74, 6) is -3.74. The van der Waals surface area contributed by atoms with E-state index >= 15 is 0 Å². The molecule has 0 saturated carbocycles. The Bertz CT molecular complexity index is 992. The van der Waals surface area contributed by atoms with E-state index < -0.39 is 29.3 Å².